The first kappa shape index (κ1) is 15.7. The number of fused-ring (bicyclic) bond motifs is 3. The maximum atomic E-state index is 14.7. The van der Waals surface area contributed by atoms with Crippen molar-refractivity contribution in [2.45, 2.75) is 13.3 Å². The Balaban J connectivity index is 1.95. The van der Waals surface area contributed by atoms with Gasteiger partial charge in [-0.25, -0.2) is 13.2 Å². The largest absolute Gasteiger partial charge is 0.206 e. The Kier molecular flexibility index (Phi) is 3.72. The van der Waals surface area contributed by atoms with Crippen LogP contribution in [0.4, 0.5) is 13.2 Å². The van der Waals surface area contributed by atoms with Crippen molar-refractivity contribution in [2.75, 3.05) is 0 Å². The van der Waals surface area contributed by atoms with Gasteiger partial charge in [0, 0.05) is 5.56 Å². The van der Waals surface area contributed by atoms with Gasteiger partial charge in [-0.05, 0) is 63.4 Å². The molecule has 0 atom stereocenters. The Morgan fingerprint density at radius 3 is 2.12 bits per heavy atom. The highest BCUT2D eigenvalue weighted by Gasteiger charge is 2.12. The van der Waals surface area contributed by atoms with Gasteiger partial charge in [-0.3, -0.25) is 0 Å². The standard InChI is InChI=1S/C22H15F3/c1-2-13-3-7-17-14(9-13)4-5-15-10-19(21(24)12-18(15)17)16-6-8-20(23)22(25)11-16/h3-12H,2H2,1H3. The monoisotopic (exact) mass is 336 g/mol. The molecule has 0 spiro atoms. The van der Waals surface area contributed by atoms with Crippen molar-refractivity contribution in [2.24, 2.45) is 0 Å². The number of hydrogen-bond acceptors (Lipinski definition) is 0. The second-order valence-electron chi connectivity index (χ2n) is 6.16. The first-order chi connectivity index (χ1) is 12.1. The van der Waals surface area contributed by atoms with E-state index in [0.29, 0.717) is 5.56 Å². The van der Waals surface area contributed by atoms with E-state index in [4.69, 9.17) is 0 Å². The van der Waals surface area contributed by atoms with Crippen LogP contribution in [-0.4, -0.2) is 0 Å². The molecule has 0 unspecified atom stereocenters. The Morgan fingerprint density at radius 2 is 1.40 bits per heavy atom. The Hall–Kier alpha value is -2.81. The van der Waals surface area contributed by atoms with Crippen molar-refractivity contribution < 1.29 is 13.2 Å². The lowest BCUT2D eigenvalue weighted by Gasteiger charge is -2.10. The van der Waals surface area contributed by atoms with E-state index in [1.165, 1.54) is 17.7 Å². The number of benzene rings is 4. The van der Waals surface area contributed by atoms with Gasteiger partial charge in [0.15, 0.2) is 11.6 Å². The minimum Gasteiger partial charge on any atom is -0.206 e. The van der Waals surface area contributed by atoms with E-state index >= 15 is 0 Å². The first-order valence-corrected chi connectivity index (χ1v) is 8.17. The van der Waals surface area contributed by atoms with Gasteiger partial charge in [-0.1, -0.05) is 43.3 Å². The van der Waals surface area contributed by atoms with Crippen LogP contribution in [0.1, 0.15) is 12.5 Å². The van der Waals surface area contributed by atoms with E-state index < -0.39 is 17.5 Å². The zero-order valence-electron chi connectivity index (χ0n) is 13.6. The van der Waals surface area contributed by atoms with E-state index in [1.54, 1.807) is 6.07 Å². The summed E-state index contributed by atoms with van der Waals surface area (Å²) in [6.07, 6.45) is 0.942. The first-order valence-electron chi connectivity index (χ1n) is 8.17. The van der Waals surface area contributed by atoms with E-state index in [-0.39, 0.29) is 5.56 Å². The molecule has 0 saturated heterocycles. The summed E-state index contributed by atoms with van der Waals surface area (Å²) in [6, 6.07) is 16.7. The predicted octanol–water partition coefficient (Wildman–Crippen LogP) is 6.64. The van der Waals surface area contributed by atoms with Crippen LogP contribution < -0.4 is 0 Å². The minimum absolute atomic E-state index is 0.260. The molecule has 0 heterocycles. The molecular formula is C22H15F3. The van der Waals surface area contributed by atoms with E-state index in [2.05, 4.69) is 13.0 Å². The van der Waals surface area contributed by atoms with Gasteiger partial charge >= 0.3 is 0 Å². The smallest absolute Gasteiger partial charge is 0.159 e. The maximum absolute atomic E-state index is 14.7. The molecule has 0 nitrogen and oxygen atoms in total. The average Bonchev–Trinajstić information content (AvgIpc) is 2.63. The third kappa shape index (κ3) is 2.66. The maximum Gasteiger partial charge on any atom is 0.159 e. The molecular weight excluding hydrogens is 321 g/mol. The van der Waals surface area contributed by atoms with Gasteiger partial charge in [0.2, 0.25) is 0 Å². The van der Waals surface area contributed by atoms with Gasteiger partial charge in [0.25, 0.3) is 0 Å². The lowest BCUT2D eigenvalue weighted by molar-refractivity contribution is 0.509. The number of halogens is 3. The molecule has 0 aliphatic rings. The lowest BCUT2D eigenvalue weighted by atomic mass is 9.95. The highest BCUT2D eigenvalue weighted by Crippen LogP contribution is 2.33. The predicted molar refractivity (Wildman–Crippen MR) is 96.1 cm³/mol. The van der Waals surface area contributed by atoms with Gasteiger partial charge < -0.3 is 0 Å². The SMILES string of the molecule is CCc1ccc2c(ccc3cc(-c4ccc(F)c(F)c4)c(F)cc32)c1. The quantitative estimate of drug-likeness (QED) is 0.360. The van der Waals surface area contributed by atoms with E-state index in [1.807, 2.05) is 24.3 Å². The molecule has 0 aliphatic carbocycles. The summed E-state index contributed by atoms with van der Waals surface area (Å²) in [5.74, 6) is -2.38. The third-order valence-electron chi connectivity index (χ3n) is 4.63. The molecule has 0 amide bonds. The topological polar surface area (TPSA) is 0 Å². The van der Waals surface area contributed by atoms with E-state index in [9.17, 15) is 13.2 Å². The van der Waals surface area contributed by atoms with Crippen LogP contribution in [0.3, 0.4) is 0 Å². The summed E-state index contributed by atoms with van der Waals surface area (Å²) >= 11 is 0. The van der Waals surface area contributed by atoms with Gasteiger partial charge in [-0.2, -0.15) is 0 Å². The van der Waals surface area contributed by atoms with Crippen molar-refractivity contribution in [3.63, 3.8) is 0 Å². The van der Waals surface area contributed by atoms with Gasteiger partial charge in [-0.15, -0.1) is 0 Å². The summed E-state index contributed by atoms with van der Waals surface area (Å²) in [5.41, 5.74) is 1.81. The molecule has 0 aliphatic heterocycles. The molecule has 3 heteroatoms. The molecule has 4 aromatic rings. The molecule has 0 radical (unpaired) electrons. The fourth-order valence-corrected chi connectivity index (χ4v) is 3.24. The molecule has 0 saturated carbocycles. The van der Waals surface area contributed by atoms with Crippen LogP contribution in [0.15, 0.2) is 60.7 Å². The van der Waals surface area contributed by atoms with Crippen molar-refractivity contribution >= 4 is 21.5 Å². The van der Waals surface area contributed by atoms with Crippen LogP contribution >= 0.6 is 0 Å². The molecule has 4 rings (SSSR count). The van der Waals surface area contributed by atoms with Crippen LogP contribution in [-0.2, 0) is 6.42 Å². The molecule has 0 N–H and O–H groups in total. The lowest BCUT2D eigenvalue weighted by Crippen LogP contribution is -1.90. The summed E-state index contributed by atoms with van der Waals surface area (Å²) in [4.78, 5) is 0. The molecule has 124 valence electrons. The van der Waals surface area contributed by atoms with Crippen LogP contribution in [0.2, 0.25) is 0 Å². The number of aryl methyl sites for hydroxylation is 1. The number of rotatable bonds is 2. The molecule has 25 heavy (non-hydrogen) atoms. The van der Waals surface area contributed by atoms with Crippen LogP contribution in [0.5, 0.6) is 0 Å². The third-order valence-corrected chi connectivity index (χ3v) is 4.63. The minimum atomic E-state index is -0.984. The van der Waals surface area contributed by atoms with Gasteiger partial charge in [0.1, 0.15) is 5.82 Å². The normalized spacial score (nSPS) is 11.4. The summed E-state index contributed by atoms with van der Waals surface area (Å²) in [5, 5.41) is 3.71. The Bertz CT molecular complexity index is 1110. The van der Waals surface area contributed by atoms with Crippen molar-refractivity contribution in [3.8, 4) is 11.1 Å². The second kappa shape index (κ2) is 5.92. The summed E-state index contributed by atoms with van der Waals surface area (Å²) in [7, 11) is 0. The van der Waals surface area contributed by atoms with Crippen molar-refractivity contribution in [3.05, 3.63) is 83.7 Å². The highest BCUT2D eigenvalue weighted by atomic mass is 19.2. The zero-order chi connectivity index (χ0) is 17.6. The zero-order valence-corrected chi connectivity index (χ0v) is 13.6. The molecule has 0 fully saturated rings. The summed E-state index contributed by atoms with van der Waals surface area (Å²) < 4.78 is 41.3. The molecule has 0 aromatic heterocycles. The van der Waals surface area contributed by atoms with Crippen molar-refractivity contribution in [1.29, 1.82) is 0 Å². The molecule has 4 aromatic carbocycles. The van der Waals surface area contributed by atoms with Crippen molar-refractivity contribution in [1.82, 2.24) is 0 Å². The van der Waals surface area contributed by atoms with Crippen LogP contribution in [0, 0.1) is 17.5 Å². The second-order valence-corrected chi connectivity index (χ2v) is 6.16. The van der Waals surface area contributed by atoms with Crippen LogP contribution in [0.25, 0.3) is 32.7 Å². The van der Waals surface area contributed by atoms with Gasteiger partial charge in [0.05, 0.1) is 0 Å². The Labute approximate surface area is 143 Å². The summed E-state index contributed by atoms with van der Waals surface area (Å²) in [6.45, 7) is 2.09. The fourth-order valence-electron chi connectivity index (χ4n) is 3.24. The Morgan fingerprint density at radius 1 is 0.640 bits per heavy atom. The highest BCUT2D eigenvalue weighted by molar-refractivity contribution is 6.08. The number of hydrogen-bond donors (Lipinski definition) is 0. The average molecular weight is 336 g/mol. The fraction of sp³-hybridized carbons (Fsp3) is 0.0909. The van der Waals surface area contributed by atoms with E-state index in [0.717, 1.165) is 40.1 Å². The molecule has 0 bridgehead atoms.